The van der Waals surface area contributed by atoms with Crippen molar-refractivity contribution >= 4 is 17.8 Å². The van der Waals surface area contributed by atoms with Gasteiger partial charge in [-0.25, -0.2) is 0 Å². The molecule has 0 saturated carbocycles. The zero-order chi connectivity index (χ0) is 15.2. The van der Waals surface area contributed by atoms with Crippen LogP contribution in [0.2, 0.25) is 0 Å². The molecule has 21 heavy (non-hydrogen) atoms. The lowest BCUT2D eigenvalue weighted by molar-refractivity contribution is -0.111. The molecule has 0 saturated heterocycles. The van der Waals surface area contributed by atoms with E-state index in [1.807, 2.05) is 30.3 Å². The third kappa shape index (κ3) is 4.21. The van der Waals surface area contributed by atoms with Gasteiger partial charge in [-0.15, -0.1) is 0 Å². The van der Waals surface area contributed by atoms with Gasteiger partial charge in [0.15, 0.2) is 5.82 Å². The number of hydrogen-bond acceptors (Lipinski definition) is 3. The molecule has 0 aliphatic heterocycles. The Morgan fingerprint density at radius 2 is 2.05 bits per heavy atom. The summed E-state index contributed by atoms with van der Waals surface area (Å²) in [6.07, 6.45) is 3.22. The number of benzene rings is 1. The molecule has 0 aliphatic carbocycles. The van der Waals surface area contributed by atoms with E-state index in [2.05, 4.69) is 29.4 Å². The molecule has 2 N–H and O–H groups in total. The molecule has 2 rings (SSSR count). The number of rotatable bonds is 5. The Morgan fingerprint density at radius 1 is 1.33 bits per heavy atom. The number of amides is 1. The van der Waals surface area contributed by atoms with Gasteiger partial charge in [-0.3, -0.25) is 9.89 Å². The second-order valence-electron chi connectivity index (χ2n) is 4.96. The fourth-order valence-corrected chi connectivity index (χ4v) is 1.75. The van der Waals surface area contributed by atoms with Crippen molar-refractivity contribution in [2.45, 2.75) is 19.8 Å². The summed E-state index contributed by atoms with van der Waals surface area (Å²) in [5.41, 5.74) is 1.92. The topological polar surface area (TPSA) is 67.0 Å². The van der Waals surface area contributed by atoms with Gasteiger partial charge in [-0.05, 0) is 29.7 Å². The molecule has 0 unspecified atom stereocenters. The fourth-order valence-electron chi connectivity index (χ4n) is 1.75. The van der Waals surface area contributed by atoms with E-state index in [1.165, 1.54) is 6.08 Å². The zero-order valence-corrected chi connectivity index (χ0v) is 12.4. The van der Waals surface area contributed by atoms with E-state index in [4.69, 9.17) is 4.74 Å². The van der Waals surface area contributed by atoms with E-state index in [1.54, 1.807) is 13.2 Å². The first kappa shape index (κ1) is 14.8. The summed E-state index contributed by atoms with van der Waals surface area (Å²) in [5, 5.41) is 9.66. The van der Waals surface area contributed by atoms with Gasteiger partial charge in [0.2, 0.25) is 5.91 Å². The van der Waals surface area contributed by atoms with Crippen molar-refractivity contribution < 1.29 is 9.53 Å². The summed E-state index contributed by atoms with van der Waals surface area (Å²) in [5.74, 6) is 1.45. The van der Waals surface area contributed by atoms with Crippen LogP contribution < -0.4 is 10.1 Å². The quantitative estimate of drug-likeness (QED) is 0.829. The van der Waals surface area contributed by atoms with Crippen LogP contribution in [0.4, 0.5) is 5.82 Å². The van der Waals surface area contributed by atoms with Crippen molar-refractivity contribution in [1.82, 2.24) is 10.2 Å². The first-order valence-corrected chi connectivity index (χ1v) is 6.77. The van der Waals surface area contributed by atoms with Crippen molar-refractivity contribution in [2.24, 2.45) is 0 Å². The van der Waals surface area contributed by atoms with E-state index in [9.17, 15) is 4.79 Å². The number of aromatic nitrogens is 2. The molecular formula is C16H19N3O2. The number of methoxy groups -OCH3 is 1. The second-order valence-corrected chi connectivity index (χ2v) is 4.96. The highest BCUT2D eigenvalue weighted by atomic mass is 16.5. The van der Waals surface area contributed by atoms with Gasteiger partial charge in [0.05, 0.1) is 7.11 Å². The number of carbonyl (C=O) groups excluding carboxylic acids is 1. The standard InChI is InChI=1S/C16H19N3O2/c1-11(2)14-10-15(19-18-14)17-16(20)9-6-12-4-7-13(21-3)8-5-12/h4-11H,1-3H3,(H2,17,18,19,20)/b9-6+. The Morgan fingerprint density at radius 3 is 2.62 bits per heavy atom. The van der Waals surface area contributed by atoms with E-state index in [-0.39, 0.29) is 5.91 Å². The highest BCUT2D eigenvalue weighted by Crippen LogP contribution is 2.15. The predicted molar refractivity (Wildman–Crippen MR) is 83.3 cm³/mol. The van der Waals surface area contributed by atoms with Gasteiger partial charge < -0.3 is 10.1 Å². The number of nitrogens with zero attached hydrogens (tertiary/aromatic N) is 1. The molecule has 1 aromatic carbocycles. The number of ether oxygens (including phenoxy) is 1. The van der Waals surface area contributed by atoms with Crippen LogP contribution in [0, 0.1) is 0 Å². The van der Waals surface area contributed by atoms with Crippen molar-refractivity contribution in [1.29, 1.82) is 0 Å². The lowest BCUT2D eigenvalue weighted by atomic mass is 10.1. The summed E-state index contributed by atoms with van der Waals surface area (Å²) in [4.78, 5) is 11.8. The molecule has 1 amide bonds. The summed E-state index contributed by atoms with van der Waals surface area (Å²) in [6.45, 7) is 4.12. The van der Waals surface area contributed by atoms with Gasteiger partial charge in [0.25, 0.3) is 0 Å². The third-order valence-corrected chi connectivity index (χ3v) is 3.01. The molecular weight excluding hydrogens is 266 g/mol. The monoisotopic (exact) mass is 285 g/mol. The van der Waals surface area contributed by atoms with Crippen LogP contribution in [0.3, 0.4) is 0 Å². The maximum atomic E-state index is 11.8. The minimum Gasteiger partial charge on any atom is -0.497 e. The van der Waals surface area contributed by atoms with Crippen LogP contribution in [-0.2, 0) is 4.79 Å². The Kier molecular flexibility index (Phi) is 4.77. The zero-order valence-electron chi connectivity index (χ0n) is 12.4. The lowest BCUT2D eigenvalue weighted by Crippen LogP contribution is -2.07. The number of carbonyl (C=O) groups is 1. The Bertz CT molecular complexity index is 627. The number of hydrogen-bond donors (Lipinski definition) is 2. The molecule has 0 bridgehead atoms. The lowest BCUT2D eigenvalue weighted by Gasteiger charge is -1.99. The Hall–Kier alpha value is -2.56. The van der Waals surface area contributed by atoms with Gasteiger partial charge in [0.1, 0.15) is 5.75 Å². The van der Waals surface area contributed by atoms with E-state index >= 15 is 0 Å². The van der Waals surface area contributed by atoms with Crippen LogP contribution >= 0.6 is 0 Å². The third-order valence-electron chi connectivity index (χ3n) is 3.01. The number of H-pyrrole nitrogens is 1. The minimum atomic E-state index is -0.215. The maximum Gasteiger partial charge on any atom is 0.249 e. The number of aromatic amines is 1. The summed E-state index contributed by atoms with van der Waals surface area (Å²) < 4.78 is 5.08. The van der Waals surface area contributed by atoms with Crippen molar-refractivity contribution in [2.75, 3.05) is 12.4 Å². The van der Waals surface area contributed by atoms with Crippen LogP contribution in [0.15, 0.2) is 36.4 Å². The Labute approximate surface area is 124 Å². The first-order chi connectivity index (χ1) is 10.1. The van der Waals surface area contributed by atoms with Crippen LogP contribution in [0.5, 0.6) is 5.75 Å². The van der Waals surface area contributed by atoms with Gasteiger partial charge in [-0.1, -0.05) is 26.0 Å². The summed E-state index contributed by atoms with van der Waals surface area (Å²) in [6, 6.07) is 9.30. The molecule has 0 fully saturated rings. The molecule has 1 aromatic heterocycles. The maximum absolute atomic E-state index is 11.8. The number of anilines is 1. The second kappa shape index (κ2) is 6.74. The van der Waals surface area contributed by atoms with Crippen LogP contribution in [0.1, 0.15) is 31.0 Å². The van der Waals surface area contributed by atoms with Gasteiger partial charge in [0, 0.05) is 17.8 Å². The number of nitrogens with one attached hydrogen (secondary N) is 2. The molecule has 0 aliphatic rings. The summed E-state index contributed by atoms with van der Waals surface area (Å²) in [7, 11) is 1.62. The first-order valence-electron chi connectivity index (χ1n) is 6.77. The van der Waals surface area contributed by atoms with Gasteiger partial charge in [-0.2, -0.15) is 5.10 Å². The normalized spacial score (nSPS) is 11.0. The molecule has 0 radical (unpaired) electrons. The van der Waals surface area contributed by atoms with Crippen molar-refractivity contribution in [3.05, 3.63) is 47.7 Å². The SMILES string of the molecule is COc1ccc(/C=C/C(=O)Nc2cc(C(C)C)[nH]n2)cc1. The van der Waals surface area contributed by atoms with Crippen molar-refractivity contribution in [3.8, 4) is 5.75 Å². The molecule has 110 valence electrons. The highest BCUT2D eigenvalue weighted by molar-refractivity contribution is 6.01. The largest absolute Gasteiger partial charge is 0.497 e. The average molecular weight is 285 g/mol. The van der Waals surface area contributed by atoms with E-state index < -0.39 is 0 Å². The molecule has 2 aromatic rings. The van der Waals surface area contributed by atoms with E-state index in [0.717, 1.165) is 17.0 Å². The van der Waals surface area contributed by atoms with Crippen LogP contribution in [0.25, 0.3) is 6.08 Å². The Balaban J connectivity index is 1.95. The summed E-state index contributed by atoms with van der Waals surface area (Å²) >= 11 is 0. The molecule has 1 heterocycles. The molecule has 5 heteroatoms. The van der Waals surface area contributed by atoms with Gasteiger partial charge >= 0.3 is 0 Å². The van der Waals surface area contributed by atoms with E-state index in [0.29, 0.717) is 11.7 Å². The average Bonchev–Trinajstić information content (AvgIpc) is 2.94. The predicted octanol–water partition coefficient (Wildman–Crippen LogP) is 3.19. The fraction of sp³-hybridized carbons (Fsp3) is 0.250. The molecule has 5 nitrogen and oxygen atoms in total. The van der Waals surface area contributed by atoms with Crippen molar-refractivity contribution in [3.63, 3.8) is 0 Å². The minimum absolute atomic E-state index is 0.215. The smallest absolute Gasteiger partial charge is 0.249 e. The molecule has 0 spiro atoms. The molecule has 0 atom stereocenters. The highest BCUT2D eigenvalue weighted by Gasteiger charge is 2.06. The van der Waals surface area contributed by atoms with Crippen LogP contribution in [-0.4, -0.2) is 23.2 Å².